The predicted octanol–water partition coefficient (Wildman–Crippen LogP) is 2.52. The largest absolute Gasteiger partial charge is 0.378 e. The van der Waals surface area contributed by atoms with Crippen LogP contribution in [0.1, 0.15) is 13.8 Å². The maximum Gasteiger partial charge on any atom is 0.263 e. The van der Waals surface area contributed by atoms with Crippen LogP contribution in [0.2, 0.25) is 0 Å². The van der Waals surface area contributed by atoms with Gasteiger partial charge in [-0.2, -0.15) is 0 Å². The van der Waals surface area contributed by atoms with E-state index >= 15 is 0 Å². The third kappa shape index (κ3) is 2.82. The Labute approximate surface area is 96.2 Å². The van der Waals surface area contributed by atoms with Gasteiger partial charge in [0, 0.05) is 5.30 Å². The van der Waals surface area contributed by atoms with Gasteiger partial charge in [-0.05, 0) is 26.0 Å². The second-order valence-electron chi connectivity index (χ2n) is 3.29. The van der Waals surface area contributed by atoms with E-state index in [9.17, 15) is 9.67 Å². The zero-order chi connectivity index (χ0) is 12.0. The first kappa shape index (κ1) is 13.2. The quantitative estimate of drug-likeness (QED) is 0.635. The van der Waals surface area contributed by atoms with Crippen molar-refractivity contribution in [1.29, 1.82) is 0 Å². The second kappa shape index (κ2) is 6.00. The van der Waals surface area contributed by atoms with Crippen LogP contribution < -0.4 is 5.30 Å². The number of aliphatic hydroxyl groups is 1. The first-order chi connectivity index (χ1) is 7.65. The Bertz CT molecular complexity index is 387. The first-order valence-corrected chi connectivity index (χ1v) is 6.95. The molecule has 88 valence electrons. The molecule has 0 fully saturated rings. The Balaban J connectivity index is 3.11. The van der Waals surface area contributed by atoms with Crippen LogP contribution in [0.25, 0.3) is 0 Å². The fourth-order valence-corrected chi connectivity index (χ4v) is 3.39. The average molecular weight is 240 g/mol. The molecule has 0 aliphatic rings. The van der Waals surface area contributed by atoms with Crippen LogP contribution in [0.3, 0.4) is 0 Å². The molecule has 16 heavy (non-hydrogen) atoms. The number of hydrogen-bond acceptors (Lipinski definition) is 3. The molecule has 1 rings (SSSR count). The van der Waals surface area contributed by atoms with E-state index < -0.39 is 13.2 Å². The molecule has 3 nitrogen and oxygen atoms in total. The van der Waals surface area contributed by atoms with Crippen molar-refractivity contribution < 1.29 is 14.2 Å². The summed E-state index contributed by atoms with van der Waals surface area (Å²) in [6.45, 7) is 3.84. The Morgan fingerprint density at radius 1 is 1.44 bits per heavy atom. The van der Waals surface area contributed by atoms with Crippen LogP contribution in [0, 0.1) is 0 Å². The van der Waals surface area contributed by atoms with Crippen molar-refractivity contribution in [3.05, 3.63) is 42.5 Å². The summed E-state index contributed by atoms with van der Waals surface area (Å²) in [5.74, 6) is -1.08. The molecule has 0 bridgehead atoms. The van der Waals surface area contributed by atoms with E-state index in [0.717, 1.165) is 0 Å². The van der Waals surface area contributed by atoms with Gasteiger partial charge in [-0.1, -0.05) is 30.4 Å². The van der Waals surface area contributed by atoms with Gasteiger partial charge in [0.05, 0.1) is 6.61 Å². The monoisotopic (exact) mass is 240 g/mol. The molecule has 0 aromatic heterocycles. The van der Waals surface area contributed by atoms with Gasteiger partial charge < -0.3 is 9.63 Å². The Morgan fingerprint density at radius 2 is 2.06 bits per heavy atom. The van der Waals surface area contributed by atoms with E-state index in [-0.39, 0.29) is 0 Å². The van der Waals surface area contributed by atoms with Crippen molar-refractivity contribution in [2.75, 3.05) is 6.61 Å². The molecule has 1 aromatic carbocycles. The molecule has 0 spiro atoms. The predicted molar refractivity (Wildman–Crippen MR) is 66.1 cm³/mol. The molecule has 0 saturated heterocycles. The lowest BCUT2D eigenvalue weighted by Gasteiger charge is -2.21. The van der Waals surface area contributed by atoms with Gasteiger partial charge in [0.1, 0.15) is 0 Å². The van der Waals surface area contributed by atoms with Gasteiger partial charge >= 0.3 is 0 Å². The van der Waals surface area contributed by atoms with E-state index in [1.807, 2.05) is 6.07 Å². The van der Waals surface area contributed by atoms with Gasteiger partial charge in [0.25, 0.3) is 7.37 Å². The van der Waals surface area contributed by atoms with Crippen molar-refractivity contribution in [2.45, 2.75) is 19.7 Å². The molecule has 1 N–H and O–H groups in total. The normalized spacial score (nSPS) is 17.2. The average Bonchev–Trinajstić information content (AvgIpc) is 2.30. The lowest BCUT2D eigenvalue weighted by atomic mass is 10.4. The van der Waals surface area contributed by atoms with Crippen LogP contribution in [0.5, 0.6) is 0 Å². The number of aliphatic hydroxyl groups excluding tert-OH is 1. The highest BCUT2D eigenvalue weighted by Crippen LogP contribution is 2.50. The van der Waals surface area contributed by atoms with Crippen LogP contribution in [-0.2, 0) is 9.09 Å². The van der Waals surface area contributed by atoms with Gasteiger partial charge in [-0.3, -0.25) is 4.57 Å². The molecule has 0 amide bonds. The van der Waals surface area contributed by atoms with E-state index in [2.05, 4.69) is 0 Å². The van der Waals surface area contributed by atoms with Gasteiger partial charge in [-0.15, -0.1) is 0 Å². The topological polar surface area (TPSA) is 46.5 Å². The summed E-state index contributed by atoms with van der Waals surface area (Å²) < 4.78 is 17.9. The minimum Gasteiger partial charge on any atom is -0.378 e. The first-order valence-electron chi connectivity index (χ1n) is 5.26. The molecule has 2 atom stereocenters. The molecule has 1 aromatic rings. The molecule has 0 aliphatic carbocycles. The molecule has 4 heteroatoms. The standard InChI is InChI=1S/C12H17O3P/c1-3-8-12(13)16(14,15-4-2)11-9-6-5-7-10-11/h3,5-10,12-13H,4H2,1-2H3/b8-3+. The van der Waals surface area contributed by atoms with E-state index in [1.54, 1.807) is 44.2 Å². The van der Waals surface area contributed by atoms with E-state index in [1.165, 1.54) is 6.08 Å². The lowest BCUT2D eigenvalue weighted by molar-refractivity contribution is 0.249. The molecule has 0 saturated carbocycles. The molecule has 0 radical (unpaired) electrons. The van der Waals surface area contributed by atoms with Gasteiger partial charge in [0.15, 0.2) is 5.85 Å². The summed E-state index contributed by atoms with van der Waals surface area (Å²) in [7, 11) is -3.21. The summed E-state index contributed by atoms with van der Waals surface area (Å²) in [4.78, 5) is 0. The lowest BCUT2D eigenvalue weighted by Crippen LogP contribution is -2.17. The highest BCUT2D eigenvalue weighted by molar-refractivity contribution is 7.67. The molecule has 0 heterocycles. The van der Waals surface area contributed by atoms with Gasteiger partial charge in [-0.25, -0.2) is 0 Å². The number of hydrogen-bond donors (Lipinski definition) is 1. The highest BCUT2D eigenvalue weighted by atomic mass is 31.2. The Kier molecular flexibility index (Phi) is 4.94. The number of rotatable bonds is 5. The minimum atomic E-state index is -3.21. The summed E-state index contributed by atoms with van der Waals surface area (Å²) in [6, 6.07) is 8.82. The zero-order valence-corrected chi connectivity index (χ0v) is 10.4. The van der Waals surface area contributed by atoms with Crippen molar-refractivity contribution in [3.63, 3.8) is 0 Å². The smallest absolute Gasteiger partial charge is 0.263 e. The SMILES string of the molecule is C/C=C/C(O)P(=O)(OCC)c1ccccc1. The van der Waals surface area contributed by atoms with E-state index in [0.29, 0.717) is 11.9 Å². The van der Waals surface area contributed by atoms with E-state index in [4.69, 9.17) is 4.52 Å². The molecular weight excluding hydrogens is 223 g/mol. The van der Waals surface area contributed by atoms with Crippen molar-refractivity contribution in [1.82, 2.24) is 0 Å². The van der Waals surface area contributed by atoms with Gasteiger partial charge in [0.2, 0.25) is 0 Å². The van der Waals surface area contributed by atoms with Crippen molar-refractivity contribution >= 4 is 12.7 Å². The molecule has 0 aliphatic heterocycles. The summed E-state index contributed by atoms with van der Waals surface area (Å²) in [5, 5.41) is 10.4. The van der Waals surface area contributed by atoms with Crippen LogP contribution in [0.4, 0.5) is 0 Å². The Hall–Kier alpha value is -0.890. The Morgan fingerprint density at radius 3 is 2.56 bits per heavy atom. The fourth-order valence-electron chi connectivity index (χ4n) is 1.42. The maximum atomic E-state index is 12.6. The van der Waals surface area contributed by atoms with Crippen LogP contribution in [0.15, 0.2) is 42.5 Å². The summed E-state index contributed by atoms with van der Waals surface area (Å²) in [6.07, 6.45) is 3.16. The zero-order valence-electron chi connectivity index (χ0n) is 9.54. The maximum absolute atomic E-state index is 12.6. The van der Waals surface area contributed by atoms with Crippen molar-refractivity contribution in [3.8, 4) is 0 Å². The van der Waals surface area contributed by atoms with Crippen molar-refractivity contribution in [2.24, 2.45) is 0 Å². The third-order valence-corrected chi connectivity index (χ3v) is 4.68. The fraction of sp³-hybridized carbons (Fsp3) is 0.333. The number of allylic oxidation sites excluding steroid dienone is 1. The van der Waals surface area contributed by atoms with Crippen LogP contribution in [-0.4, -0.2) is 17.6 Å². The third-order valence-electron chi connectivity index (χ3n) is 2.15. The summed E-state index contributed by atoms with van der Waals surface area (Å²) >= 11 is 0. The number of benzene rings is 1. The minimum absolute atomic E-state index is 0.306. The second-order valence-corrected chi connectivity index (χ2v) is 5.79. The highest BCUT2D eigenvalue weighted by Gasteiger charge is 2.32. The molecule has 2 unspecified atom stereocenters. The summed E-state index contributed by atoms with van der Waals surface area (Å²) in [5.41, 5.74) is 0. The molecular formula is C12H17O3P. The van der Waals surface area contributed by atoms with Crippen LogP contribution >= 0.6 is 7.37 Å².